The number of rotatable bonds is 8. The lowest BCUT2D eigenvalue weighted by Gasteiger charge is -2.11. The van der Waals surface area contributed by atoms with Gasteiger partial charge in [-0.25, -0.2) is 4.39 Å². The van der Waals surface area contributed by atoms with Gasteiger partial charge in [0.15, 0.2) is 0 Å². The summed E-state index contributed by atoms with van der Waals surface area (Å²) in [6.07, 6.45) is 0. The van der Waals surface area contributed by atoms with Gasteiger partial charge in [0.1, 0.15) is 11.5 Å². The van der Waals surface area contributed by atoms with E-state index in [0.717, 1.165) is 16.5 Å². The maximum Gasteiger partial charge on any atom is 0.272 e. The molecule has 0 aliphatic carbocycles. The molecule has 0 aliphatic heterocycles. The Morgan fingerprint density at radius 3 is 2.26 bits per heavy atom. The van der Waals surface area contributed by atoms with Crippen LogP contribution in [0.25, 0.3) is 10.9 Å². The summed E-state index contributed by atoms with van der Waals surface area (Å²) in [4.78, 5) is 37.9. The maximum absolute atomic E-state index is 13.2. The smallest absolute Gasteiger partial charge is 0.272 e. The average Bonchev–Trinajstić information content (AvgIpc) is 3.27. The second-order valence-electron chi connectivity index (χ2n) is 9.15. The summed E-state index contributed by atoms with van der Waals surface area (Å²) in [6.45, 7) is 6.39. The number of halogens is 2. The highest BCUT2D eigenvalue weighted by Crippen LogP contribution is 2.26. The number of aromatic nitrogens is 1. The van der Waals surface area contributed by atoms with Crippen LogP contribution in [-0.2, 0) is 17.9 Å². The molecular weight excluding hydrogens is 507 g/mol. The van der Waals surface area contributed by atoms with E-state index in [2.05, 4.69) is 16.0 Å². The van der Waals surface area contributed by atoms with Crippen LogP contribution in [0.5, 0.6) is 0 Å². The van der Waals surface area contributed by atoms with E-state index in [0.29, 0.717) is 28.6 Å². The SMILES string of the molecule is CCn1c(C(=O)Nc2ccc(F)cc2)cc2cc(NC(=O)c3cc(CNC(=O)C(C)C)ccc3Cl)ccc21. The van der Waals surface area contributed by atoms with Gasteiger partial charge in [-0.1, -0.05) is 31.5 Å². The summed E-state index contributed by atoms with van der Waals surface area (Å²) < 4.78 is 15.1. The van der Waals surface area contributed by atoms with Crippen molar-refractivity contribution in [3.63, 3.8) is 0 Å². The van der Waals surface area contributed by atoms with Crippen LogP contribution in [0.2, 0.25) is 5.02 Å². The van der Waals surface area contributed by atoms with Crippen LogP contribution >= 0.6 is 11.6 Å². The third-order valence-corrected chi connectivity index (χ3v) is 6.41. The number of hydrogen-bond donors (Lipinski definition) is 3. The molecule has 3 amide bonds. The standard InChI is InChI=1S/C29H28ClFN4O3/c1-4-35-25-12-10-22(14-19(25)15-26(35)29(38)33-21-8-6-20(31)7-9-21)34-28(37)23-13-18(5-11-24(23)30)16-32-27(36)17(2)3/h5-15,17H,4,16H2,1-3H3,(H,32,36)(H,33,38)(H,34,37). The number of hydrogen-bond acceptors (Lipinski definition) is 3. The molecule has 0 saturated carbocycles. The lowest BCUT2D eigenvalue weighted by Crippen LogP contribution is -2.27. The summed E-state index contributed by atoms with van der Waals surface area (Å²) in [5, 5.41) is 9.54. The minimum Gasteiger partial charge on any atom is -0.352 e. The van der Waals surface area contributed by atoms with Crippen LogP contribution in [0, 0.1) is 11.7 Å². The van der Waals surface area contributed by atoms with Crippen molar-refractivity contribution in [2.75, 3.05) is 10.6 Å². The Bertz CT molecular complexity index is 1510. The molecule has 0 radical (unpaired) electrons. The minimum absolute atomic E-state index is 0.0796. The van der Waals surface area contributed by atoms with E-state index in [1.54, 1.807) is 36.4 Å². The number of aryl methyl sites for hydroxylation is 1. The molecule has 4 aromatic rings. The number of carbonyl (C=O) groups excluding carboxylic acids is 3. The van der Waals surface area contributed by atoms with E-state index in [-0.39, 0.29) is 35.7 Å². The fourth-order valence-electron chi connectivity index (χ4n) is 4.05. The van der Waals surface area contributed by atoms with E-state index in [4.69, 9.17) is 11.6 Å². The summed E-state index contributed by atoms with van der Waals surface area (Å²) in [5.41, 5.74) is 3.33. The zero-order chi connectivity index (χ0) is 27.4. The molecule has 38 heavy (non-hydrogen) atoms. The molecule has 0 saturated heterocycles. The lowest BCUT2D eigenvalue weighted by molar-refractivity contribution is -0.124. The van der Waals surface area contributed by atoms with E-state index < -0.39 is 5.91 Å². The molecule has 0 aliphatic rings. The van der Waals surface area contributed by atoms with Gasteiger partial charge < -0.3 is 20.5 Å². The topological polar surface area (TPSA) is 92.2 Å². The van der Waals surface area contributed by atoms with Crippen LogP contribution in [0.3, 0.4) is 0 Å². The molecule has 0 spiro atoms. The number of benzene rings is 3. The molecule has 1 heterocycles. The fraction of sp³-hybridized carbons (Fsp3) is 0.207. The number of anilines is 2. The first-order valence-corrected chi connectivity index (χ1v) is 12.6. The quantitative estimate of drug-likeness (QED) is 0.250. The van der Waals surface area contributed by atoms with Crippen LogP contribution in [-0.4, -0.2) is 22.3 Å². The van der Waals surface area contributed by atoms with E-state index in [1.165, 1.54) is 24.3 Å². The molecule has 0 fully saturated rings. The average molecular weight is 535 g/mol. The third-order valence-electron chi connectivity index (χ3n) is 6.08. The molecule has 3 aromatic carbocycles. The van der Waals surface area contributed by atoms with Gasteiger partial charge in [0.05, 0.1) is 10.6 Å². The number of nitrogens with one attached hydrogen (secondary N) is 3. The summed E-state index contributed by atoms with van der Waals surface area (Å²) in [6, 6.07) is 17.7. The van der Waals surface area contributed by atoms with E-state index >= 15 is 0 Å². The Morgan fingerprint density at radius 1 is 0.895 bits per heavy atom. The predicted octanol–water partition coefficient (Wildman–Crippen LogP) is 6.23. The van der Waals surface area contributed by atoms with Gasteiger partial charge in [0.25, 0.3) is 11.8 Å². The monoisotopic (exact) mass is 534 g/mol. The molecule has 4 rings (SSSR count). The molecule has 0 atom stereocenters. The van der Waals surface area contributed by atoms with E-state index in [1.807, 2.05) is 31.4 Å². The van der Waals surface area contributed by atoms with Crippen molar-refractivity contribution in [2.45, 2.75) is 33.9 Å². The zero-order valence-corrected chi connectivity index (χ0v) is 22.0. The van der Waals surface area contributed by atoms with Gasteiger partial charge >= 0.3 is 0 Å². The molecule has 7 nitrogen and oxygen atoms in total. The van der Waals surface area contributed by atoms with Crippen molar-refractivity contribution in [1.82, 2.24) is 9.88 Å². The minimum atomic E-state index is -0.393. The van der Waals surface area contributed by atoms with Crippen LogP contribution < -0.4 is 16.0 Å². The van der Waals surface area contributed by atoms with Gasteiger partial charge in [-0.15, -0.1) is 0 Å². The van der Waals surface area contributed by atoms with Gasteiger partial charge in [-0.3, -0.25) is 14.4 Å². The van der Waals surface area contributed by atoms with Gasteiger partial charge in [-0.05, 0) is 73.2 Å². The summed E-state index contributed by atoms with van der Waals surface area (Å²) in [5.74, 6) is -1.32. The van der Waals surface area contributed by atoms with Gasteiger partial charge in [0.2, 0.25) is 5.91 Å². The van der Waals surface area contributed by atoms with E-state index in [9.17, 15) is 18.8 Å². The van der Waals surface area contributed by atoms with Crippen LogP contribution in [0.1, 0.15) is 47.2 Å². The number of carbonyl (C=O) groups is 3. The Labute approximate surface area is 225 Å². The van der Waals surface area contributed by atoms with Crippen LogP contribution in [0.4, 0.5) is 15.8 Å². The highest BCUT2D eigenvalue weighted by molar-refractivity contribution is 6.34. The molecular formula is C29H28ClFN4O3. The lowest BCUT2D eigenvalue weighted by atomic mass is 10.1. The maximum atomic E-state index is 13.2. The second kappa shape index (κ2) is 11.5. The van der Waals surface area contributed by atoms with Gasteiger partial charge in [-0.2, -0.15) is 0 Å². The van der Waals surface area contributed by atoms with Crippen molar-refractivity contribution in [2.24, 2.45) is 5.92 Å². The highest BCUT2D eigenvalue weighted by Gasteiger charge is 2.17. The Hall–Kier alpha value is -4.17. The summed E-state index contributed by atoms with van der Waals surface area (Å²) >= 11 is 6.30. The van der Waals surface area contributed by atoms with Crippen molar-refractivity contribution in [3.05, 3.63) is 94.4 Å². The Kier molecular flexibility index (Phi) is 8.12. The van der Waals surface area contributed by atoms with Crippen molar-refractivity contribution < 1.29 is 18.8 Å². The first kappa shape index (κ1) is 26.9. The Morgan fingerprint density at radius 2 is 1.58 bits per heavy atom. The van der Waals surface area contributed by atoms with Gasteiger partial charge in [0, 0.05) is 41.3 Å². The normalized spacial score (nSPS) is 11.0. The Balaban J connectivity index is 1.53. The third kappa shape index (κ3) is 6.03. The number of amides is 3. The zero-order valence-electron chi connectivity index (χ0n) is 21.3. The molecule has 1 aromatic heterocycles. The predicted molar refractivity (Wildman–Crippen MR) is 148 cm³/mol. The largest absolute Gasteiger partial charge is 0.352 e. The van der Waals surface area contributed by atoms with Crippen molar-refractivity contribution in [3.8, 4) is 0 Å². The molecule has 9 heteroatoms. The first-order chi connectivity index (χ1) is 18.2. The molecule has 196 valence electrons. The highest BCUT2D eigenvalue weighted by atomic mass is 35.5. The van der Waals surface area contributed by atoms with Crippen molar-refractivity contribution >= 4 is 51.6 Å². The molecule has 3 N–H and O–H groups in total. The first-order valence-electron chi connectivity index (χ1n) is 12.2. The number of fused-ring (bicyclic) bond motifs is 1. The number of nitrogens with zero attached hydrogens (tertiary/aromatic N) is 1. The van der Waals surface area contributed by atoms with Crippen LogP contribution in [0.15, 0.2) is 66.7 Å². The molecule has 0 bridgehead atoms. The fourth-order valence-corrected chi connectivity index (χ4v) is 4.26. The second-order valence-corrected chi connectivity index (χ2v) is 9.56. The molecule has 0 unspecified atom stereocenters. The van der Waals surface area contributed by atoms with Crippen molar-refractivity contribution in [1.29, 1.82) is 0 Å². The summed E-state index contributed by atoms with van der Waals surface area (Å²) in [7, 11) is 0.